The van der Waals surface area contributed by atoms with Gasteiger partial charge in [-0.1, -0.05) is 75.7 Å². The second-order valence-corrected chi connectivity index (χ2v) is 13.0. The molecule has 1 unspecified atom stereocenters. The second kappa shape index (κ2) is 8.85. The maximum Gasteiger partial charge on any atom is 0.295 e. The van der Waals surface area contributed by atoms with Crippen molar-refractivity contribution in [2.24, 2.45) is 0 Å². The Morgan fingerprint density at radius 1 is 1.08 bits per heavy atom. The molecule has 1 atom stereocenters. The fraction of sp³-hybridized carbons (Fsp3) is 0.647. The lowest BCUT2D eigenvalue weighted by atomic mass is 10.1. The van der Waals surface area contributed by atoms with Crippen LogP contribution in [0.2, 0.25) is 16.6 Å². The average molecular weight is 418 g/mol. The third-order valence-corrected chi connectivity index (χ3v) is 11.2. The molecular weight excluding hydrogens is 390 g/mol. The number of rotatable bonds is 9. The quantitative estimate of drug-likeness (QED) is 0.217. The highest BCUT2D eigenvalue weighted by atomic mass is 79.9. The molecule has 0 aliphatic carbocycles. The summed E-state index contributed by atoms with van der Waals surface area (Å²) in [7, 11) is -2.14. The van der Waals surface area contributed by atoms with Gasteiger partial charge in [0.25, 0.3) is 13.4 Å². The van der Waals surface area contributed by atoms with Crippen molar-refractivity contribution in [3.8, 4) is 5.75 Å². The van der Waals surface area contributed by atoms with E-state index in [0.29, 0.717) is 33.3 Å². The van der Waals surface area contributed by atoms with Gasteiger partial charge in [-0.15, -0.1) is 10.1 Å². The van der Waals surface area contributed by atoms with E-state index in [-0.39, 0.29) is 0 Å². The normalized spacial score (nSPS) is 13.4. The summed E-state index contributed by atoms with van der Waals surface area (Å²) in [6.07, 6.45) is -0.686. The smallest absolute Gasteiger partial charge is 0.295 e. The van der Waals surface area contributed by atoms with Crippen LogP contribution in [0.15, 0.2) is 24.3 Å². The van der Waals surface area contributed by atoms with Gasteiger partial charge in [0, 0.05) is 10.9 Å². The first-order valence-corrected chi connectivity index (χ1v) is 11.6. The molecular formula is C17H28BrNO4Si. The van der Waals surface area contributed by atoms with E-state index in [1.54, 1.807) is 0 Å². The van der Waals surface area contributed by atoms with E-state index in [0.717, 1.165) is 0 Å². The van der Waals surface area contributed by atoms with Crippen LogP contribution in [0.3, 0.4) is 0 Å². The van der Waals surface area contributed by atoms with Gasteiger partial charge in [-0.05, 0) is 22.7 Å². The largest absolute Gasteiger partial charge is 0.542 e. The molecule has 0 spiro atoms. The van der Waals surface area contributed by atoms with Gasteiger partial charge in [0.15, 0.2) is 0 Å². The number of para-hydroxylation sites is 1. The summed E-state index contributed by atoms with van der Waals surface area (Å²) < 4.78 is 6.70. The number of benzene rings is 1. The van der Waals surface area contributed by atoms with Crippen LogP contribution in [0.1, 0.15) is 53.2 Å². The van der Waals surface area contributed by atoms with E-state index >= 15 is 0 Å². The van der Waals surface area contributed by atoms with Crippen molar-refractivity contribution < 1.29 is 14.4 Å². The van der Waals surface area contributed by atoms with Crippen LogP contribution in [0.5, 0.6) is 5.75 Å². The lowest BCUT2D eigenvalue weighted by Crippen LogP contribution is -2.51. The van der Waals surface area contributed by atoms with Crippen molar-refractivity contribution in [3.63, 3.8) is 0 Å². The fourth-order valence-corrected chi connectivity index (χ4v) is 9.40. The molecule has 1 aromatic rings. The van der Waals surface area contributed by atoms with Crippen LogP contribution in [-0.2, 0) is 4.84 Å². The predicted molar refractivity (Wildman–Crippen MR) is 103 cm³/mol. The van der Waals surface area contributed by atoms with Crippen molar-refractivity contribution in [2.45, 2.75) is 64.3 Å². The molecule has 7 heteroatoms. The Kier molecular flexibility index (Phi) is 7.73. The molecule has 0 N–H and O–H groups in total. The zero-order valence-corrected chi connectivity index (χ0v) is 17.9. The van der Waals surface area contributed by atoms with E-state index in [4.69, 9.17) is 9.26 Å². The van der Waals surface area contributed by atoms with Crippen molar-refractivity contribution in [2.75, 3.05) is 5.33 Å². The molecule has 5 nitrogen and oxygen atoms in total. The number of hydrogen-bond acceptors (Lipinski definition) is 4. The van der Waals surface area contributed by atoms with Gasteiger partial charge >= 0.3 is 0 Å². The summed E-state index contributed by atoms with van der Waals surface area (Å²) in [6, 6.07) is 7.48. The third kappa shape index (κ3) is 4.50. The highest BCUT2D eigenvalue weighted by Crippen LogP contribution is 2.44. The molecule has 0 aliphatic heterocycles. The van der Waals surface area contributed by atoms with E-state index < -0.39 is 19.5 Å². The Balaban J connectivity index is 3.33. The maximum absolute atomic E-state index is 10.8. The van der Waals surface area contributed by atoms with Crippen LogP contribution in [-0.4, -0.2) is 18.7 Å². The Morgan fingerprint density at radius 3 is 2.00 bits per heavy atom. The summed E-state index contributed by atoms with van der Waals surface area (Å²) in [6.45, 7) is 13.3. The van der Waals surface area contributed by atoms with Crippen LogP contribution in [0, 0.1) is 10.1 Å². The second-order valence-electron chi connectivity index (χ2n) is 6.93. The third-order valence-electron chi connectivity index (χ3n) is 4.61. The molecule has 136 valence electrons. The lowest BCUT2D eigenvalue weighted by Gasteiger charge is -2.42. The molecule has 0 aliphatic rings. The summed E-state index contributed by atoms with van der Waals surface area (Å²) >= 11 is 3.31. The fourth-order valence-electron chi connectivity index (χ4n) is 3.66. The summed E-state index contributed by atoms with van der Waals surface area (Å²) in [4.78, 5) is 15.6. The van der Waals surface area contributed by atoms with Gasteiger partial charge in [0.2, 0.25) is 0 Å². The minimum atomic E-state index is -2.14. The van der Waals surface area contributed by atoms with Crippen molar-refractivity contribution in [1.29, 1.82) is 0 Å². The Bertz CT molecular complexity index is 529. The Labute approximate surface area is 154 Å². The van der Waals surface area contributed by atoms with E-state index in [1.165, 1.54) is 0 Å². The van der Waals surface area contributed by atoms with Crippen LogP contribution in [0.4, 0.5) is 0 Å². The molecule has 0 bridgehead atoms. The summed E-state index contributed by atoms with van der Waals surface area (Å²) in [5.41, 5.74) is 1.98. The van der Waals surface area contributed by atoms with E-state index in [2.05, 4.69) is 57.5 Å². The zero-order valence-electron chi connectivity index (χ0n) is 15.3. The molecule has 1 aromatic carbocycles. The van der Waals surface area contributed by atoms with Gasteiger partial charge < -0.3 is 9.26 Å². The molecule has 24 heavy (non-hydrogen) atoms. The molecule has 0 saturated carbocycles. The van der Waals surface area contributed by atoms with Gasteiger partial charge in [-0.3, -0.25) is 0 Å². The van der Waals surface area contributed by atoms with Crippen molar-refractivity contribution in [1.82, 2.24) is 0 Å². The zero-order chi connectivity index (χ0) is 18.5. The molecule has 0 aromatic heterocycles. The van der Waals surface area contributed by atoms with Gasteiger partial charge in [-0.25, -0.2) is 0 Å². The highest BCUT2D eigenvalue weighted by molar-refractivity contribution is 9.09. The Morgan fingerprint density at radius 2 is 1.58 bits per heavy atom. The predicted octanol–water partition coefficient (Wildman–Crippen LogP) is 5.89. The summed E-state index contributed by atoms with van der Waals surface area (Å²) in [5, 5.41) is 10.4. The minimum Gasteiger partial charge on any atom is -0.542 e. The van der Waals surface area contributed by atoms with Gasteiger partial charge in [0.1, 0.15) is 11.9 Å². The first-order valence-electron chi connectivity index (χ1n) is 8.31. The molecule has 0 radical (unpaired) electrons. The molecule has 0 amide bonds. The Hall–Kier alpha value is -1.08. The monoisotopic (exact) mass is 417 g/mol. The molecule has 0 fully saturated rings. The minimum absolute atomic E-state index is 0.327. The van der Waals surface area contributed by atoms with Crippen molar-refractivity contribution in [3.05, 3.63) is 39.9 Å². The number of halogens is 1. The van der Waals surface area contributed by atoms with E-state index in [9.17, 15) is 10.1 Å². The van der Waals surface area contributed by atoms with Gasteiger partial charge in [0.05, 0.1) is 0 Å². The average Bonchev–Trinajstić information content (AvgIpc) is 2.49. The molecule has 0 saturated heterocycles. The molecule has 1 rings (SSSR count). The molecule has 0 heterocycles. The van der Waals surface area contributed by atoms with Crippen LogP contribution < -0.4 is 4.43 Å². The highest BCUT2D eigenvalue weighted by Gasteiger charge is 2.47. The number of nitrogens with zero attached hydrogens (tertiary/aromatic N) is 1. The van der Waals surface area contributed by atoms with Crippen LogP contribution >= 0.6 is 15.9 Å². The standard InChI is InChI=1S/C17H28BrNO4Si/c1-12(2)24(13(3)4,14(5)6)23-16-10-8-7-9-15(16)17(11-18)22-19(20)21/h7-10,12-14,17H,11H2,1-6H3. The number of alkyl halides is 1. The lowest BCUT2D eigenvalue weighted by molar-refractivity contribution is -0.769. The topological polar surface area (TPSA) is 61.6 Å². The maximum atomic E-state index is 10.8. The summed E-state index contributed by atoms with van der Waals surface area (Å²) in [5.74, 6) is 0.701. The number of hydrogen-bond donors (Lipinski definition) is 0. The van der Waals surface area contributed by atoms with E-state index in [1.807, 2.05) is 24.3 Å². The first-order chi connectivity index (χ1) is 11.2. The van der Waals surface area contributed by atoms with Gasteiger partial charge in [-0.2, -0.15) is 0 Å². The first kappa shape index (κ1) is 21.0. The van der Waals surface area contributed by atoms with Crippen LogP contribution in [0.25, 0.3) is 0 Å². The van der Waals surface area contributed by atoms with Crippen molar-refractivity contribution >= 4 is 24.2 Å². The SMILES string of the molecule is CC(C)[Si](Oc1ccccc1C(CBr)O[N+](=O)[O-])(C(C)C)C(C)C.